The summed E-state index contributed by atoms with van der Waals surface area (Å²) >= 11 is 9.98. The summed E-state index contributed by atoms with van der Waals surface area (Å²) in [5.74, 6) is 0.0781. The minimum atomic E-state index is 0.00612. The van der Waals surface area contributed by atoms with Crippen molar-refractivity contribution in [3.63, 3.8) is 0 Å². The van der Waals surface area contributed by atoms with E-state index >= 15 is 0 Å². The second-order valence-corrected chi connectivity index (χ2v) is 7.94. The van der Waals surface area contributed by atoms with Gasteiger partial charge >= 0.3 is 0 Å². The van der Waals surface area contributed by atoms with Crippen LogP contribution in [0.2, 0.25) is 5.02 Å². The van der Waals surface area contributed by atoms with Gasteiger partial charge in [0, 0.05) is 40.6 Å². The molecule has 0 saturated heterocycles. The number of hydrogen-bond acceptors (Lipinski definition) is 3. The average molecular weight is 434 g/mol. The predicted molar refractivity (Wildman–Crippen MR) is 106 cm³/mol. The number of halogens is 2. The smallest absolute Gasteiger partial charge is 0.198 e. The largest absolute Gasteiger partial charge is 0.494 e. The lowest BCUT2D eigenvalue weighted by molar-refractivity contribution is 0.294. The Balaban J connectivity index is 1.93. The third-order valence-electron chi connectivity index (χ3n) is 4.89. The van der Waals surface area contributed by atoms with Gasteiger partial charge in [0.1, 0.15) is 0 Å². The van der Waals surface area contributed by atoms with Crippen LogP contribution < -0.4 is 0 Å². The molecule has 1 aliphatic rings. The van der Waals surface area contributed by atoms with Gasteiger partial charge in [0.2, 0.25) is 0 Å². The Kier molecular flexibility index (Phi) is 4.47. The summed E-state index contributed by atoms with van der Waals surface area (Å²) in [6.45, 7) is 1.66. The Morgan fingerprint density at radius 3 is 2.46 bits per heavy atom. The highest BCUT2D eigenvalue weighted by molar-refractivity contribution is 9.10. The average Bonchev–Trinajstić information content (AvgIpc) is 2.93. The maximum Gasteiger partial charge on any atom is 0.198 e. The molecule has 0 amide bonds. The topological polar surface area (TPSA) is 48.6 Å². The first-order chi connectivity index (χ1) is 12.5. The number of nitrogens with zero attached hydrogens (tertiary/aromatic N) is 2. The van der Waals surface area contributed by atoms with Crippen molar-refractivity contribution in [2.24, 2.45) is 0 Å². The van der Waals surface area contributed by atoms with Gasteiger partial charge in [-0.25, -0.2) is 0 Å². The second kappa shape index (κ2) is 6.65. The fourth-order valence-corrected chi connectivity index (χ4v) is 4.72. The van der Waals surface area contributed by atoms with E-state index in [-0.39, 0.29) is 17.7 Å². The maximum absolute atomic E-state index is 10.2. The molecule has 3 aromatic rings. The molecule has 0 aliphatic carbocycles. The number of hydrogen-bond donors (Lipinski definition) is 2. The fraction of sp³-hybridized carbons (Fsp3) is 0.200. The van der Waals surface area contributed by atoms with Crippen molar-refractivity contribution in [1.82, 2.24) is 9.47 Å². The van der Waals surface area contributed by atoms with Gasteiger partial charge in [-0.15, -0.1) is 0 Å². The molecule has 2 N–H and O–H groups in total. The first kappa shape index (κ1) is 17.5. The third-order valence-corrected chi connectivity index (χ3v) is 5.81. The summed E-state index contributed by atoms with van der Waals surface area (Å²) in [5, 5.41) is 21.1. The summed E-state index contributed by atoms with van der Waals surface area (Å²) in [7, 11) is 2.09. The van der Waals surface area contributed by atoms with Crippen LogP contribution in [0.3, 0.4) is 0 Å². The minimum Gasteiger partial charge on any atom is -0.494 e. The van der Waals surface area contributed by atoms with Crippen LogP contribution in [-0.2, 0) is 6.54 Å². The van der Waals surface area contributed by atoms with Crippen molar-refractivity contribution >= 4 is 27.5 Å². The molecule has 134 valence electrons. The van der Waals surface area contributed by atoms with Crippen molar-refractivity contribution in [2.75, 3.05) is 13.6 Å². The zero-order valence-corrected chi connectivity index (χ0v) is 16.5. The standard InChI is InChI=1S/C20H18BrClN2O2/c1-23-10-15(14-8-12(22)9-17(21)16(14)11-23)13-4-2-3-5-18(13)24-19(25)6-7-20(24)26/h2-9,15,25-26H,10-11H2,1H3. The summed E-state index contributed by atoms with van der Waals surface area (Å²) in [6.07, 6.45) is 0. The molecular formula is C20H18BrClN2O2. The van der Waals surface area contributed by atoms with Gasteiger partial charge in [-0.2, -0.15) is 0 Å². The van der Waals surface area contributed by atoms with E-state index in [9.17, 15) is 10.2 Å². The quantitative estimate of drug-likeness (QED) is 0.605. The highest BCUT2D eigenvalue weighted by Crippen LogP contribution is 2.41. The van der Waals surface area contributed by atoms with E-state index in [4.69, 9.17) is 11.6 Å². The molecule has 6 heteroatoms. The molecule has 0 spiro atoms. The van der Waals surface area contributed by atoms with Gasteiger partial charge in [-0.1, -0.05) is 45.7 Å². The number of para-hydroxylation sites is 1. The van der Waals surface area contributed by atoms with Gasteiger partial charge in [0.25, 0.3) is 0 Å². The van der Waals surface area contributed by atoms with E-state index in [0.29, 0.717) is 5.02 Å². The van der Waals surface area contributed by atoms with E-state index in [1.807, 2.05) is 36.4 Å². The molecule has 0 saturated carbocycles. The molecule has 0 fully saturated rings. The minimum absolute atomic E-state index is 0.00612. The van der Waals surface area contributed by atoms with Gasteiger partial charge < -0.3 is 15.1 Å². The molecule has 0 bridgehead atoms. The SMILES string of the molecule is CN1Cc2c(Br)cc(Cl)cc2C(c2ccccc2-n2c(O)ccc2O)C1. The van der Waals surface area contributed by atoms with Gasteiger partial charge in [-0.3, -0.25) is 4.57 Å². The molecule has 1 atom stereocenters. The predicted octanol–water partition coefficient (Wildman–Crippen LogP) is 4.88. The molecule has 2 aromatic carbocycles. The molecule has 2 heterocycles. The van der Waals surface area contributed by atoms with Gasteiger partial charge in [0.05, 0.1) is 5.69 Å². The summed E-state index contributed by atoms with van der Waals surface area (Å²) in [4.78, 5) is 2.26. The number of rotatable bonds is 2. The van der Waals surface area contributed by atoms with Crippen molar-refractivity contribution in [2.45, 2.75) is 12.5 Å². The zero-order valence-electron chi connectivity index (χ0n) is 14.2. The summed E-state index contributed by atoms with van der Waals surface area (Å²) in [6, 6.07) is 14.7. The lowest BCUT2D eigenvalue weighted by atomic mass is 9.84. The molecule has 4 rings (SSSR count). The monoisotopic (exact) mass is 432 g/mol. The molecule has 1 aliphatic heterocycles. The number of aromatic nitrogens is 1. The van der Waals surface area contributed by atoms with E-state index in [0.717, 1.165) is 28.8 Å². The Morgan fingerprint density at radius 2 is 1.73 bits per heavy atom. The first-order valence-electron chi connectivity index (χ1n) is 8.31. The van der Waals surface area contributed by atoms with Gasteiger partial charge in [-0.05, 0) is 41.9 Å². The van der Waals surface area contributed by atoms with Crippen molar-refractivity contribution in [1.29, 1.82) is 0 Å². The highest BCUT2D eigenvalue weighted by Gasteiger charge is 2.29. The molecule has 0 radical (unpaired) electrons. The van der Waals surface area contributed by atoms with Crippen LogP contribution in [0.5, 0.6) is 11.8 Å². The van der Waals surface area contributed by atoms with Crippen LogP contribution in [-0.4, -0.2) is 33.3 Å². The molecule has 1 unspecified atom stereocenters. The van der Waals surface area contributed by atoms with Crippen molar-refractivity contribution in [3.05, 3.63) is 74.7 Å². The number of likely N-dealkylation sites (N-methyl/N-ethyl adjacent to an activating group) is 1. The summed E-state index contributed by atoms with van der Waals surface area (Å²) in [5.41, 5.74) is 4.16. The van der Waals surface area contributed by atoms with Crippen molar-refractivity contribution in [3.8, 4) is 17.4 Å². The van der Waals surface area contributed by atoms with Crippen LogP contribution in [0, 0.1) is 0 Å². The molecule has 4 nitrogen and oxygen atoms in total. The Labute approximate surface area is 165 Å². The van der Waals surface area contributed by atoms with E-state index in [2.05, 4.69) is 27.9 Å². The zero-order chi connectivity index (χ0) is 18.4. The van der Waals surface area contributed by atoms with Crippen LogP contribution in [0.25, 0.3) is 5.69 Å². The van der Waals surface area contributed by atoms with E-state index in [1.54, 1.807) is 0 Å². The maximum atomic E-state index is 10.2. The van der Waals surface area contributed by atoms with Crippen LogP contribution in [0.1, 0.15) is 22.6 Å². The number of fused-ring (bicyclic) bond motifs is 1. The van der Waals surface area contributed by atoms with Gasteiger partial charge in [0.15, 0.2) is 11.8 Å². The van der Waals surface area contributed by atoms with Crippen LogP contribution in [0.4, 0.5) is 0 Å². The van der Waals surface area contributed by atoms with Crippen LogP contribution >= 0.6 is 27.5 Å². The second-order valence-electron chi connectivity index (χ2n) is 6.65. The molecular weight excluding hydrogens is 416 g/mol. The number of benzene rings is 2. The lowest BCUT2D eigenvalue weighted by Crippen LogP contribution is -2.31. The Bertz CT molecular complexity index is 966. The molecule has 1 aromatic heterocycles. The normalized spacial score (nSPS) is 17.3. The lowest BCUT2D eigenvalue weighted by Gasteiger charge is -2.34. The fourth-order valence-electron chi connectivity index (χ4n) is 3.76. The van der Waals surface area contributed by atoms with E-state index in [1.165, 1.54) is 27.8 Å². The number of aromatic hydroxyl groups is 2. The molecule has 26 heavy (non-hydrogen) atoms. The Morgan fingerprint density at radius 1 is 1.04 bits per heavy atom. The Hall–Kier alpha value is -1.95. The van der Waals surface area contributed by atoms with Crippen molar-refractivity contribution < 1.29 is 10.2 Å². The third kappa shape index (κ3) is 2.90. The highest BCUT2D eigenvalue weighted by atomic mass is 79.9. The summed E-state index contributed by atoms with van der Waals surface area (Å²) < 4.78 is 2.46. The first-order valence-corrected chi connectivity index (χ1v) is 9.48. The van der Waals surface area contributed by atoms with Crippen LogP contribution in [0.15, 0.2) is 53.0 Å². The van der Waals surface area contributed by atoms with E-state index < -0.39 is 0 Å².